The second kappa shape index (κ2) is 9.38. The van der Waals surface area contributed by atoms with Gasteiger partial charge in [0.1, 0.15) is 0 Å². The number of hydrogen-bond donors (Lipinski definition) is 2. The van der Waals surface area contributed by atoms with Gasteiger partial charge in [0.2, 0.25) is 5.91 Å². The summed E-state index contributed by atoms with van der Waals surface area (Å²) >= 11 is 0. The first-order valence-corrected chi connectivity index (χ1v) is 9.72. The Balaban J connectivity index is 1.50. The van der Waals surface area contributed by atoms with E-state index in [4.69, 9.17) is 10.3 Å². The molecule has 27 heavy (non-hydrogen) atoms. The highest BCUT2D eigenvalue weighted by Crippen LogP contribution is 2.18. The van der Waals surface area contributed by atoms with Crippen LogP contribution in [0.3, 0.4) is 0 Å². The van der Waals surface area contributed by atoms with Gasteiger partial charge in [-0.3, -0.25) is 9.69 Å². The Morgan fingerprint density at radius 2 is 1.93 bits per heavy atom. The van der Waals surface area contributed by atoms with Crippen molar-refractivity contribution in [2.45, 2.75) is 32.4 Å². The molecular weight excluding hydrogens is 340 g/mol. The fraction of sp³-hybridized carbons (Fsp3) is 0.550. The molecule has 0 atom stereocenters. The molecule has 0 radical (unpaired) electrons. The lowest BCUT2D eigenvalue weighted by atomic mass is 10.1. The largest absolute Gasteiger partial charge is 0.357 e. The summed E-state index contributed by atoms with van der Waals surface area (Å²) in [6.45, 7) is 7.39. The zero-order chi connectivity index (χ0) is 19.1. The van der Waals surface area contributed by atoms with E-state index in [1.165, 1.54) is 0 Å². The van der Waals surface area contributed by atoms with Crippen LogP contribution in [-0.2, 0) is 11.3 Å². The van der Waals surface area contributed by atoms with E-state index in [0.29, 0.717) is 24.7 Å². The molecule has 2 N–H and O–H groups in total. The van der Waals surface area contributed by atoms with Crippen molar-refractivity contribution in [3.8, 4) is 6.07 Å². The SMILES string of the molecule is CCNC(=NCc1ccc(C#N)cc1)N1CCN(CC(=O)NC2CC2)CC1. The molecule has 0 spiro atoms. The first-order valence-electron chi connectivity index (χ1n) is 9.72. The average Bonchev–Trinajstić information content (AvgIpc) is 3.50. The number of rotatable bonds is 6. The molecule has 0 aromatic heterocycles. The van der Waals surface area contributed by atoms with Crippen LogP contribution in [0.5, 0.6) is 0 Å². The van der Waals surface area contributed by atoms with Crippen LogP contribution < -0.4 is 10.6 Å². The van der Waals surface area contributed by atoms with Crippen molar-refractivity contribution in [1.82, 2.24) is 20.4 Å². The Kier molecular flexibility index (Phi) is 6.66. The molecule has 0 unspecified atom stereocenters. The van der Waals surface area contributed by atoms with Gasteiger partial charge < -0.3 is 15.5 Å². The standard InChI is InChI=1S/C20H28N6O/c1-2-22-20(23-14-17-5-3-16(13-21)4-6-17)26-11-9-25(10-12-26)15-19(27)24-18-7-8-18/h3-6,18H,2,7-12,14-15H2,1H3,(H,22,23)(H,24,27). The molecule has 1 aliphatic heterocycles. The van der Waals surface area contributed by atoms with E-state index in [-0.39, 0.29) is 5.91 Å². The van der Waals surface area contributed by atoms with Gasteiger partial charge in [0.05, 0.1) is 24.7 Å². The predicted octanol–water partition coefficient (Wildman–Crippen LogP) is 0.920. The molecule has 7 heteroatoms. The van der Waals surface area contributed by atoms with Crippen molar-refractivity contribution in [2.75, 3.05) is 39.3 Å². The van der Waals surface area contributed by atoms with Crippen molar-refractivity contribution < 1.29 is 4.79 Å². The van der Waals surface area contributed by atoms with E-state index >= 15 is 0 Å². The molecule has 1 saturated heterocycles. The Hall–Kier alpha value is -2.59. The Labute approximate surface area is 161 Å². The van der Waals surface area contributed by atoms with Crippen LogP contribution in [0.15, 0.2) is 29.3 Å². The smallest absolute Gasteiger partial charge is 0.234 e. The van der Waals surface area contributed by atoms with Crippen LogP contribution in [0.1, 0.15) is 30.9 Å². The monoisotopic (exact) mass is 368 g/mol. The van der Waals surface area contributed by atoms with Gasteiger partial charge >= 0.3 is 0 Å². The zero-order valence-electron chi connectivity index (χ0n) is 15.9. The lowest BCUT2D eigenvalue weighted by Crippen LogP contribution is -2.54. The van der Waals surface area contributed by atoms with Crippen LogP contribution in [0.25, 0.3) is 0 Å². The fourth-order valence-electron chi connectivity index (χ4n) is 3.10. The van der Waals surface area contributed by atoms with Gasteiger partial charge in [-0.1, -0.05) is 12.1 Å². The highest BCUT2D eigenvalue weighted by atomic mass is 16.2. The highest BCUT2D eigenvalue weighted by molar-refractivity contribution is 5.80. The number of nitrogens with one attached hydrogen (secondary N) is 2. The average molecular weight is 368 g/mol. The van der Waals surface area contributed by atoms with Gasteiger partial charge in [-0.05, 0) is 37.5 Å². The lowest BCUT2D eigenvalue weighted by Gasteiger charge is -2.36. The van der Waals surface area contributed by atoms with Crippen molar-refractivity contribution in [2.24, 2.45) is 4.99 Å². The summed E-state index contributed by atoms with van der Waals surface area (Å²) in [7, 11) is 0. The first-order chi connectivity index (χ1) is 13.2. The maximum Gasteiger partial charge on any atom is 0.234 e. The van der Waals surface area contributed by atoms with Crippen molar-refractivity contribution >= 4 is 11.9 Å². The molecule has 1 heterocycles. The third-order valence-corrected chi connectivity index (χ3v) is 4.81. The first kappa shape index (κ1) is 19.2. The summed E-state index contributed by atoms with van der Waals surface area (Å²) in [6, 6.07) is 10.1. The minimum atomic E-state index is 0.146. The van der Waals surface area contributed by atoms with Gasteiger partial charge in [0, 0.05) is 38.8 Å². The molecule has 1 aromatic carbocycles. The molecule has 144 valence electrons. The summed E-state index contributed by atoms with van der Waals surface area (Å²) in [5.41, 5.74) is 1.75. The summed E-state index contributed by atoms with van der Waals surface area (Å²) in [5.74, 6) is 1.05. The van der Waals surface area contributed by atoms with E-state index in [0.717, 1.165) is 57.1 Å². The highest BCUT2D eigenvalue weighted by Gasteiger charge is 2.25. The summed E-state index contributed by atoms with van der Waals surface area (Å²) in [5, 5.41) is 15.3. The number of aliphatic imine (C=N–C) groups is 1. The van der Waals surface area contributed by atoms with Crippen molar-refractivity contribution in [1.29, 1.82) is 5.26 Å². The van der Waals surface area contributed by atoms with Crippen LogP contribution >= 0.6 is 0 Å². The summed E-state index contributed by atoms with van der Waals surface area (Å²) in [4.78, 5) is 21.2. The molecule has 1 saturated carbocycles. The van der Waals surface area contributed by atoms with Gasteiger partial charge in [-0.2, -0.15) is 5.26 Å². The van der Waals surface area contributed by atoms with Crippen molar-refractivity contribution in [3.05, 3.63) is 35.4 Å². The van der Waals surface area contributed by atoms with Crippen molar-refractivity contribution in [3.63, 3.8) is 0 Å². The third-order valence-electron chi connectivity index (χ3n) is 4.81. The molecule has 2 aliphatic rings. The van der Waals surface area contributed by atoms with E-state index in [1.54, 1.807) is 0 Å². The zero-order valence-corrected chi connectivity index (χ0v) is 15.9. The number of guanidine groups is 1. The van der Waals surface area contributed by atoms with Crippen LogP contribution in [0.4, 0.5) is 0 Å². The van der Waals surface area contributed by atoms with Crippen LogP contribution in [-0.4, -0.2) is 67.0 Å². The molecule has 0 bridgehead atoms. The van der Waals surface area contributed by atoms with E-state index in [1.807, 2.05) is 24.3 Å². The molecule has 2 fully saturated rings. The molecular formula is C20H28N6O. The summed E-state index contributed by atoms with van der Waals surface area (Å²) in [6.07, 6.45) is 2.25. The van der Waals surface area contributed by atoms with E-state index < -0.39 is 0 Å². The number of piperazine rings is 1. The number of hydrogen-bond acceptors (Lipinski definition) is 4. The molecule has 1 amide bonds. The number of amides is 1. The Bertz CT molecular complexity index is 696. The Morgan fingerprint density at radius 3 is 2.52 bits per heavy atom. The molecule has 3 rings (SSSR count). The Morgan fingerprint density at radius 1 is 1.22 bits per heavy atom. The number of benzene rings is 1. The van der Waals surface area contributed by atoms with E-state index in [2.05, 4.69) is 33.4 Å². The maximum atomic E-state index is 12.0. The van der Waals surface area contributed by atoms with Gasteiger partial charge in [-0.15, -0.1) is 0 Å². The number of nitriles is 1. The number of nitrogens with zero attached hydrogens (tertiary/aromatic N) is 4. The van der Waals surface area contributed by atoms with Gasteiger partial charge in [0.15, 0.2) is 5.96 Å². The minimum absolute atomic E-state index is 0.146. The topological polar surface area (TPSA) is 83.8 Å². The van der Waals surface area contributed by atoms with Gasteiger partial charge in [0.25, 0.3) is 0 Å². The lowest BCUT2D eigenvalue weighted by molar-refractivity contribution is -0.122. The molecule has 1 aliphatic carbocycles. The van der Waals surface area contributed by atoms with Gasteiger partial charge in [-0.25, -0.2) is 4.99 Å². The second-order valence-electron chi connectivity index (χ2n) is 7.08. The maximum absolute atomic E-state index is 12.0. The van der Waals surface area contributed by atoms with Crippen LogP contribution in [0, 0.1) is 11.3 Å². The summed E-state index contributed by atoms with van der Waals surface area (Å²) < 4.78 is 0. The number of carbonyl (C=O) groups is 1. The molecule has 7 nitrogen and oxygen atoms in total. The fourth-order valence-corrected chi connectivity index (χ4v) is 3.10. The van der Waals surface area contributed by atoms with Crippen LogP contribution in [0.2, 0.25) is 0 Å². The normalized spacial score (nSPS) is 18.1. The minimum Gasteiger partial charge on any atom is -0.357 e. The predicted molar refractivity (Wildman–Crippen MR) is 105 cm³/mol. The molecule has 1 aromatic rings. The second-order valence-corrected chi connectivity index (χ2v) is 7.08. The quantitative estimate of drug-likeness (QED) is 0.576. The third kappa shape index (κ3) is 5.97. The number of carbonyl (C=O) groups excluding carboxylic acids is 1. The van der Waals surface area contributed by atoms with E-state index in [9.17, 15) is 4.79 Å².